The Morgan fingerprint density at radius 1 is 1.30 bits per heavy atom. The fourth-order valence-corrected chi connectivity index (χ4v) is 5.31. The third-order valence-electron chi connectivity index (χ3n) is 5.16. The number of hydrogen-bond donors (Lipinski definition) is 0. The molecule has 0 saturated heterocycles. The molecule has 0 spiro atoms. The van der Waals surface area contributed by atoms with Gasteiger partial charge in [-0.15, -0.1) is 0 Å². The molecule has 1 aliphatic rings. The molecule has 0 saturated carbocycles. The number of aromatic nitrogens is 1. The van der Waals surface area contributed by atoms with Gasteiger partial charge in [-0.2, -0.15) is 0 Å². The van der Waals surface area contributed by atoms with Gasteiger partial charge in [-0.1, -0.05) is 29.5 Å². The van der Waals surface area contributed by atoms with E-state index in [9.17, 15) is 14.0 Å². The van der Waals surface area contributed by atoms with Crippen molar-refractivity contribution < 1.29 is 18.7 Å². The smallest absolute Gasteiger partial charge is 0.338 e. The third kappa shape index (κ3) is 4.43. The first-order valence-corrected chi connectivity index (χ1v) is 11.7. The molecule has 4 rings (SSSR count). The molecule has 2 aromatic carbocycles. The minimum absolute atomic E-state index is 0.193. The van der Waals surface area contributed by atoms with Gasteiger partial charge in [-0.25, -0.2) is 14.2 Å². The van der Waals surface area contributed by atoms with Gasteiger partial charge in [0.25, 0.3) is 5.56 Å². The van der Waals surface area contributed by atoms with Crippen LogP contribution >= 0.6 is 27.3 Å². The Morgan fingerprint density at radius 3 is 2.76 bits per heavy atom. The molecule has 0 amide bonds. The van der Waals surface area contributed by atoms with Gasteiger partial charge in [-0.3, -0.25) is 9.36 Å². The zero-order chi connectivity index (χ0) is 23.7. The second kappa shape index (κ2) is 9.44. The van der Waals surface area contributed by atoms with E-state index in [0.29, 0.717) is 42.0 Å². The third-order valence-corrected chi connectivity index (χ3v) is 6.76. The SMILES string of the molecule is CCOC(=O)C1=C(C)N=c2s/c(=C\c3cccc(F)c3)c(=O)n2[C@H]1c1ccc(OC)c(Br)c1. The van der Waals surface area contributed by atoms with Gasteiger partial charge >= 0.3 is 5.97 Å². The van der Waals surface area contributed by atoms with Gasteiger partial charge in [0.1, 0.15) is 11.6 Å². The van der Waals surface area contributed by atoms with Gasteiger partial charge in [0, 0.05) is 0 Å². The number of fused-ring (bicyclic) bond motifs is 1. The number of allylic oxidation sites excluding steroid dienone is 1. The molecule has 0 fully saturated rings. The second-order valence-corrected chi connectivity index (χ2v) is 9.11. The Labute approximate surface area is 201 Å². The summed E-state index contributed by atoms with van der Waals surface area (Å²) in [4.78, 5) is 31.4. The van der Waals surface area contributed by atoms with Crippen molar-refractivity contribution in [2.24, 2.45) is 4.99 Å². The number of halogens is 2. The van der Waals surface area contributed by atoms with E-state index < -0.39 is 17.8 Å². The van der Waals surface area contributed by atoms with Crippen molar-refractivity contribution in [2.75, 3.05) is 13.7 Å². The van der Waals surface area contributed by atoms with Gasteiger partial charge in [-0.05, 0) is 71.2 Å². The van der Waals surface area contributed by atoms with Crippen LogP contribution in [0, 0.1) is 5.82 Å². The highest BCUT2D eigenvalue weighted by Gasteiger charge is 2.33. The first-order chi connectivity index (χ1) is 15.8. The van der Waals surface area contributed by atoms with Crippen molar-refractivity contribution in [3.63, 3.8) is 0 Å². The lowest BCUT2D eigenvalue weighted by atomic mass is 9.96. The summed E-state index contributed by atoms with van der Waals surface area (Å²) >= 11 is 4.67. The number of methoxy groups -OCH3 is 1. The zero-order valence-corrected chi connectivity index (χ0v) is 20.5. The van der Waals surface area contributed by atoms with Crippen LogP contribution in [0.5, 0.6) is 5.75 Å². The van der Waals surface area contributed by atoms with Crippen LogP contribution in [0.4, 0.5) is 4.39 Å². The predicted octanol–water partition coefficient (Wildman–Crippen LogP) is 3.71. The maximum atomic E-state index is 13.7. The van der Waals surface area contributed by atoms with Crippen LogP contribution in [0.15, 0.2) is 68.0 Å². The van der Waals surface area contributed by atoms with Gasteiger partial charge in [0.15, 0.2) is 4.80 Å². The highest BCUT2D eigenvalue weighted by atomic mass is 79.9. The van der Waals surface area contributed by atoms with Crippen molar-refractivity contribution in [1.82, 2.24) is 4.57 Å². The quantitative estimate of drug-likeness (QED) is 0.471. The summed E-state index contributed by atoms with van der Waals surface area (Å²) in [5.41, 5.74) is 1.69. The van der Waals surface area contributed by atoms with E-state index >= 15 is 0 Å². The van der Waals surface area contributed by atoms with Crippen LogP contribution in [0.25, 0.3) is 6.08 Å². The molecular formula is C24H20BrFN2O4S. The number of ether oxygens (including phenoxy) is 2. The number of thiazole rings is 1. The number of carbonyl (C=O) groups is 1. The summed E-state index contributed by atoms with van der Waals surface area (Å²) in [5.74, 6) is -0.302. The van der Waals surface area contributed by atoms with Crippen LogP contribution in [0.2, 0.25) is 0 Å². The van der Waals surface area contributed by atoms with Crippen molar-refractivity contribution in [3.8, 4) is 5.75 Å². The Bertz CT molecular complexity index is 1460. The first-order valence-electron chi connectivity index (χ1n) is 10.1. The molecule has 0 radical (unpaired) electrons. The first kappa shape index (κ1) is 23.1. The lowest BCUT2D eigenvalue weighted by Gasteiger charge is -2.25. The van der Waals surface area contributed by atoms with Gasteiger partial charge < -0.3 is 9.47 Å². The van der Waals surface area contributed by atoms with E-state index in [0.717, 1.165) is 0 Å². The molecule has 3 aromatic rings. The Kier molecular flexibility index (Phi) is 6.62. The monoisotopic (exact) mass is 530 g/mol. The van der Waals surface area contributed by atoms with Crippen LogP contribution < -0.4 is 19.6 Å². The Hall–Kier alpha value is -3.04. The van der Waals surface area contributed by atoms with Crippen LogP contribution in [0.1, 0.15) is 31.0 Å². The highest BCUT2D eigenvalue weighted by Crippen LogP contribution is 2.34. The van der Waals surface area contributed by atoms with Crippen LogP contribution in [-0.2, 0) is 9.53 Å². The minimum atomic E-state index is -0.739. The van der Waals surface area contributed by atoms with Gasteiger partial charge in [0.05, 0.1) is 40.0 Å². The zero-order valence-electron chi connectivity index (χ0n) is 18.1. The normalized spacial score (nSPS) is 15.8. The molecule has 0 bridgehead atoms. The molecule has 9 heteroatoms. The Morgan fingerprint density at radius 2 is 2.09 bits per heavy atom. The fourth-order valence-electron chi connectivity index (χ4n) is 3.71. The van der Waals surface area contributed by atoms with Gasteiger partial charge in [0.2, 0.25) is 0 Å². The van der Waals surface area contributed by atoms with E-state index in [1.54, 1.807) is 51.3 Å². The molecule has 1 aliphatic heterocycles. The summed E-state index contributed by atoms with van der Waals surface area (Å²) in [5, 5.41) is 0. The number of hydrogen-bond acceptors (Lipinski definition) is 6. The topological polar surface area (TPSA) is 69.9 Å². The lowest BCUT2D eigenvalue weighted by molar-refractivity contribution is -0.139. The number of carbonyl (C=O) groups excluding carboxylic acids is 1. The predicted molar refractivity (Wildman–Crippen MR) is 127 cm³/mol. The molecule has 1 aromatic heterocycles. The molecule has 0 aliphatic carbocycles. The molecule has 0 unspecified atom stereocenters. The summed E-state index contributed by atoms with van der Waals surface area (Å²) in [6.07, 6.45) is 1.62. The van der Waals surface area contributed by atoms with Crippen LogP contribution in [-0.4, -0.2) is 24.3 Å². The van der Waals surface area contributed by atoms with Crippen molar-refractivity contribution in [3.05, 3.63) is 94.8 Å². The molecule has 1 atom stereocenters. The van der Waals surface area contributed by atoms with Crippen molar-refractivity contribution in [2.45, 2.75) is 19.9 Å². The average Bonchev–Trinajstić information content (AvgIpc) is 3.07. The number of benzene rings is 2. The fraction of sp³-hybridized carbons (Fsp3) is 0.208. The summed E-state index contributed by atoms with van der Waals surface area (Å²) < 4.78 is 26.8. The van der Waals surface area contributed by atoms with E-state index in [4.69, 9.17) is 9.47 Å². The standard InChI is InChI=1S/C24H20BrFN2O4S/c1-4-32-23(30)20-13(2)27-24-28(21(20)15-8-9-18(31-3)17(25)12-15)22(29)19(33-24)11-14-6-5-7-16(26)10-14/h5-12,21H,4H2,1-3H3/b19-11-/t21-/m0/s1. The van der Waals surface area contributed by atoms with Crippen molar-refractivity contribution in [1.29, 1.82) is 0 Å². The number of rotatable bonds is 5. The largest absolute Gasteiger partial charge is 0.496 e. The molecular weight excluding hydrogens is 511 g/mol. The molecule has 170 valence electrons. The van der Waals surface area contributed by atoms with Crippen molar-refractivity contribution >= 4 is 39.3 Å². The maximum absolute atomic E-state index is 13.7. The number of nitrogens with zero attached hydrogens (tertiary/aromatic N) is 2. The molecule has 2 heterocycles. The summed E-state index contributed by atoms with van der Waals surface area (Å²) in [7, 11) is 1.56. The minimum Gasteiger partial charge on any atom is -0.496 e. The second-order valence-electron chi connectivity index (χ2n) is 7.25. The number of esters is 1. The average molecular weight is 531 g/mol. The molecule has 33 heavy (non-hydrogen) atoms. The highest BCUT2D eigenvalue weighted by molar-refractivity contribution is 9.10. The molecule has 6 nitrogen and oxygen atoms in total. The Balaban J connectivity index is 1.97. The van der Waals surface area contributed by atoms with E-state index in [2.05, 4.69) is 20.9 Å². The summed E-state index contributed by atoms with van der Waals surface area (Å²) in [6, 6.07) is 10.6. The van der Waals surface area contributed by atoms with E-state index in [-0.39, 0.29) is 12.2 Å². The maximum Gasteiger partial charge on any atom is 0.338 e. The van der Waals surface area contributed by atoms with E-state index in [1.165, 1.54) is 28.0 Å². The summed E-state index contributed by atoms with van der Waals surface area (Å²) in [6.45, 7) is 3.64. The van der Waals surface area contributed by atoms with E-state index in [1.807, 2.05) is 6.07 Å². The molecule has 0 N–H and O–H groups in total. The lowest BCUT2D eigenvalue weighted by Crippen LogP contribution is -2.39. The van der Waals surface area contributed by atoms with Crippen LogP contribution in [0.3, 0.4) is 0 Å².